The number of hydrogen-bond acceptors (Lipinski definition) is 8. The van der Waals surface area contributed by atoms with Gasteiger partial charge in [-0.25, -0.2) is 0 Å². The van der Waals surface area contributed by atoms with Gasteiger partial charge in [0, 0.05) is 34.0 Å². The molecule has 9 nitrogen and oxygen atoms in total. The average molecular weight is 1260 g/mol. The molecule has 16 rings (SSSR count). The Morgan fingerprint density at radius 2 is 0.802 bits per heavy atom. The molecule has 16 saturated carbocycles. The topological polar surface area (TPSA) is 153 Å². The number of hydrogen-bond donors (Lipinski definition) is 4. The summed E-state index contributed by atoms with van der Waals surface area (Å²) in [5, 5.41) is 55.6. The van der Waals surface area contributed by atoms with E-state index in [1.165, 1.54) is 180 Å². The zero-order chi connectivity index (χ0) is 64.4. The molecule has 516 valence electrons. The van der Waals surface area contributed by atoms with Gasteiger partial charge in [0.25, 0.3) is 0 Å². The zero-order valence-corrected chi connectivity index (χ0v) is 59.9. The van der Waals surface area contributed by atoms with Crippen molar-refractivity contribution in [1.82, 2.24) is 0 Å². The van der Waals surface area contributed by atoms with Gasteiger partial charge < -0.3 is 20.5 Å². The summed E-state index contributed by atoms with van der Waals surface area (Å²) < 4.78 is 0. The van der Waals surface area contributed by atoms with Crippen molar-refractivity contribution in [1.29, 1.82) is 0 Å². The monoisotopic (exact) mass is 1260 g/mol. The molecule has 0 aromatic rings. The van der Waals surface area contributed by atoms with Crippen LogP contribution in [0.1, 0.15) is 326 Å². The van der Waals surface area contributed by atoms with E-state index in [0.29, 0.717) is 51.1 Å². The predicted octanol–water partition coefficient (Wildman–Crippen LogP) is 20.1. The van der Waals surface area contributed by atoms with E-state index in [2.05, 4.69) is 74.4 Å². The first kappa shape index (κ1) is 68.0. The molecule has 16 fully saturated rings. The summed E-state index contributed by atoms with van der Waals surface area (Å²) in [6, 6.07) is -0.313. The number of carbonyl (C=O) groups is 1. The highest BCUT2D eigenvalue weighted by Gasteiger charge is 2.67. The zero-order valence-electron chi connectivity index (χ0n) is 59.9. The van der Waals surface area contributed by atoms with Crippen LogP contribution < -0.4 is 0 Å². The number of oxime groups is 1. The van der Waals surface area contributed by atoms with E-state index < -0.39 is 0 Å². The number of rotatable bonds is 5. The van der Waals surface area contributed by atoms with Gasteiger partial charge in [-0.15, -0.1) is 0 Å². The summed E-state index contributed by atoms with van der Waals surface area (Å²) in [5.41, 5.74) is 3.74. The van der Waals surface area contributed by atoms with Crippen molar-refractivity contribution in [2.75, 3.05) is 0 Å². The number of ketones is 1. The number of carbonyl (C=O) groups excluding carboxylic acids is 1. The van der Waals surface area contributed by atoms with Gasteiger partial charge in [0.1, 0.15) is 5.78 Å². The van der Waals surface area contributed by atoms with Crippen molar-refractivity contribution in [2.45, 2.75) is 350 Å². The molecule has 91 heavy (non-hydrogen) atoms. The molecule has 0 bridgehead atoms. The quantitative estimate of drug-likeness (QED) is 0.121. The standard InChI is InChI=1S/C21H35NO.C21H36O.C20H33NO3.C20H32O2/c1-4-21-12-9-14(2)13-15(21)5-6-16-17-7-8-19(22-23)20(17,3)11-10-18(16)21;1-4-21-12-9-14(2)13-15(21)5-6-16-17-7-8-19(22)20(17,3)11-10-18(16)21;1-3-20-11-8-14(22)12-13(20)4-5-15-16-6-7-18(21(23)24)19(16,2)10-9-17(15)20;1-3-20-11-8-14(21)12-13(20)4-5-15-16-6-7-18(22)19(16,2)10-9-17(15)20/h14-18,23H,4-13H2,1-3H3;14-19,22H,4-13H2,1-3H3;13-18,22H,3-12H2,1-2H3;13-17,21H,3-12H2,1-2H3/b22-19+;;;/t14-,15+,16+,17+,18+,20+,21+;14-,15+,16+,17+,18+,19+,20+,21+;13-,14+,15-,16-,17-,18-,19-,20-;13-,14+,15-,16-,17-,19-,20-/m1100/s1. The maximum Gasteiger partial charge on any atom is 0.218 e. The summed E-state index contributed by atoms with van der Waals surface area (Å²) >= 11 is 0. The van der Waals surface area contributed by atoms with Gasteiger partial charge in [0.2, 0.25) is 6.04 Å². The van der Waals surface area contributed by atoms with Crippen LogP contribution in [-0.4, -0.2) is 61.3 Å². The minimum atomic E-state index is -0.313. The Kier molecular flexibility index (Phi) is 19.1. The summed E-state index contributed by atoms with van der Waals surface area (Å²) in [6.45, 7) is 24.0. The second-order valence-corrected chi connectivity index (χ2v) is 38.1. The first-order chi connectivity index (χ1) is 43.5. The first-order valence-electron chi connectivity index (χ1n) is 40.4. The van der Waals surface area contributed by atoms with E-state index in [-0.39, 0.29) is 50.9 Å². The molecule has 16 aliphatic carbocycles. The summed E-state index contributed by atoms with van der Waals surface area (Å²) in [5.74, 6) is 15.6. The lowest BCUT2D eigenvalue weighted by molar-refractivity contribution is -0.540. The Hall–Kier alpha value is -1.58. The van der Waals surface area contributed by atoms with E-state index in [0.717, 1.165) is 166 Å². The summed E-state index contributed by atoms with van der Waals surface area (Å²) in [6.07, 6.45) is 50.0. The highest BCUT2D eigenvalue weighted by Crippen LogP contribution is 2.72. The van der Waals surface area contributed by atoms with E-state index in [1.54, 1.807) is 0 Å². The van der Waals surface area contributed by atoms with E-state index in [1.807, 2.05) is 0 Å². The second kappa shape index (κ2) is 25.6. The van der Waals surface area contributed by atoms with Crippen molar-refractivity contribution in [3.8, 4) is 0 Å². The maximum absolute atomic E-state index is 12.4. The highest BCUT2D eigenvalue weighted by molar-refractivity contribution is 5.92. The molecular weight excluding hydrogens is 1120 g/mol. The molecule has 0 heterocycles. The third-order valence-corrected chi connectivity index (χ3v) is 36.3. The molecule has 0 aromatic carbocycles. The average Bonchev–Trinajstić information content (AvgIpc) is 1.73. The Morgan fingerprint density at radius 1 is 0.418 bits per heavy atom. The van der Waals surface area contributed by atoms with Gasteiger partial charge in [-0.05, 0) is 365 Å². The third-order valence-electron chi connectivity index (χ3n) is 36.3. The van der Waals surface area contributed by atoms with E-state index in [9.17, 15) is 35.4 Å². The predicted molar refractivity (Wildman–Crippen MR) is 367 cm³/mol. The molecule has 30 atom stereocenters. The minimum Gasteiger partial charge on any atom is -0.411 e. The van der Waals surface area contributed by atoms with Crippen molar-refractivity contribution >= 4 is 11.5 Å². The Morgan fingerprint density at radius 3 is 1.26 bits per heavy atom. The van der Waals surface area contributed by atoms with Crippen LogP contribution in [0.2, 0.25) is 0 Å². The molecule has 0 unspecified atom stereocenters. The largest absolute Gasteiger partial charge is 0.411 e. The van der Waals surface area contributed by atoms with Crippen LogP contribution in [0.15, 0.2) is 5.16 Å². The smallest absolute Gasteiger partial charge is 0.218 e. The molecule has 0 aliphatic heterocycles. The van der Waals surface area contributed by atoms with Crippen LogP contribution in [0.4, 0.5) is 0 Å². The van der Waals surface area contributed by atoms with Gasteiger partial charge in [0.15, 0.2) is 0 Å². The lowest BCUT2D eigenvalue weighted by atomic mass is 9.43. The summed E-state index contributed by atoms with van der Waals surface area (Å²) in [7, 11) is 0. The van der Waals surface area contributed by atoms with Crippen LogP contribution in [0.5, 0.6) is 0 Å². The first-order valence-corrected chi connectivity index (χ1v) is 40.4. The van der Waals surface area contributed by atoms with Gasteiger partial charge >= 0.3 is 0 Å². The van der Waals surface area contributed by atoms with Crippen molar-refractivity contribution < 1.29 is 30.2 Å². The SMILES string of the molecule is CC[C@]12CC[C@@H](C)C[C@@H]1CC[C@@H]1[C@@H]2CC[C@]2(C)/C(=N/O)CC[C@@H]12.CC[C@]12CC[C@@H](C)C[C@@H]1CC[C@H]1[C@@H]3CC[C@H](O)[C@@]3(C)CC[C@@H]12.CC[C@]12CC[C@@H](O)C[C@@H]1CC[C@@H]1[C@@H]2CC[C@]2(C)C(=O)CC[C@@H]12.CC[C@]12CC[C@@H](O)C[C@@H]1CC[C@H]1[C@@H]3CC[C@H]([N+](=O)[O-])[C@@]3(C)CC[C@@H]12. The third kappa shape index (κ3) is 10.7. The lowest BCUT2D eigenvalue weighted by Gasteiger charge is -2.62. The van der Waals surface area contributed by atoms with Crippen molar-refractivity contribution in [2.24, 2.45) is 155 Å². The molecular formula is C82H136N2O7. The fraction of sp³-hybridized carbons (Fsp3) is 0.976. The molecule has 0 aromatic heterocycles. The molecule has 0 radical (unpaired) electrons. The van der Waals surface area contributed by atoms with Crippen LogP contribution in [0, 0.1) is 160 Å². The second-order valence-electron chi connectivity index (χ2n) is 38.1. The van der Waals surface area contributed by atoms with Gasteiger partial charge in [-0.1, -0.05) is 87.2 Å². The molecule has 0 spiro atoms. The molecule has 9 heteroatoms. The van der Waals surface area contributed by atoms with Crippen LogP contribution in [-0.2, 0) is 4.79 Å². The van der Waals surface area contributed by atoms with E-state index in [4.69, 9.17) is 0 Å². The summed E-state index contributed by atoms with van der Waals surface area (Å²) in [4.78, 5) is 24.1. The molecule has 16 aliphatic rings. The molecule has 4 N–H and O–H groups in total. The molecule has 0 saturated heterocycles. The molecule has 0 amide bonds. The van der Waals surface area contributed by atoms with Crippen LogP contribution >= 0.6 is 0 Å². The Bertz CT molecular complexity index is 2630. The van der Waals surface area contributed by atoms with Crippen molar-refractivity contribution in [3.05, 3.63) is 10.1 Å². The fourth-order valence-corrected chi connectivity index (χ4v) is 31.4. The number of aliphatic hydroxyl groups is 3. The number of nitro groups is 1. The lowest BCUT2D eigenvalue weighted by Crippen LogP contribution is -2.55. The van der Waals surface area contributed by atoms with Gasteiger partial charge in [-0.3, -0.25) is 14.9 Å². The highest BCUT2D eigenvalue weighted by atomic mass is 16.6. The van der Waals surface area contributed by atoms with Gasteiger partial charge in [0.05, 0.1) is 24.0 Å². The fourth-order valence-electron chi connectivity index (χ4n) is 31.4. The maximum atomic E-state index is 12.4. The van der Waals surface area contributed by atoms with Crippen molar-refractivity contribution in [3.63, 3.8) is 0 Å². The number of fused-ring (bicyclic) bond motifs is 20. The number of aliphatic hydroxyl groups excluding tert-OH is 3. The van der Waals surface area contributed by atoms with Crippen LogP contribution in [0.25, 0.3) is 0 Å². The van der Waals surface area contributed by atoms with Gasteiger partial charge in [-0.2, -0.15) is 0 Å². The van der Waals surface area contributed by atoms with Crippen LogP contribution in [0.3, 0.4) is 0 Å². The Balaban J connectivity index is 0.000000111. The number of Topliss-reactive ketones (excluding diaryl/α,β-unsaturated/α-hetero) is 1. The van der Waals surface area contributed by atoms with E-state index >= 15 is 0 Å². The normalized spacial score (nSPS) is 55.1. The minimum absolute atomic E-state index is 0.0110. The number of nitrogens with zero attached hydrogens (tertiary/aromatic N) is 2. The Labute approximate surface area is 554 Å².